The SMILES string of the molecule is Cc1cc(C)cc(Oc2c[c-]c(-c3nccnc3C)cc2)c1.Cc1ccc(Oc2c[c-]c(-c3ncc(C)nc3C)cc2)cc1.Cc1cnc(-c2[c-]cc(Oc3ccc(F)cc3)cc2)c(C)n1.[Ir].[Ir].[Ir]. The first-order chi connectivity index (χ1) is 31.8. The van der Waals surface area contributed by atoms with Crippen LogP contribution in [0.15, 0.2) is 146 Å². The summed E-state index contributed by atoms with van der Waals surface area (Å²) in [6.45, 7) is 15.8. The molecule has 0 spiro atoms. The predicted octanol–water partition coefficient (Wildman–Crippen LogP) is 13.8. The van der Waals surface area contributed by atoms with Gasteiger partial charge in [0, 0.05) is 137 Å². The van der Waals surface area contributed by atoms with E-state index in [9.17, 15) is 4.39 Å². The van der Waals surface area contributed by atoms with Crippen LogP contribution in [-0.2, 0) is 60.3 Å². The number of aryl methyl sites for hydroxylation is 8. The molecular weight excluding hydrogens is 1400 g/mol. The molecule has 3 heterocycles. The van der Waals surface area contributed by atoms with E-state index in [1.807, 2.05) is 120 Å². The molecule has 0 aliphatic carbocycles. The first kappa shape index (κ1) is 55.4. The van der Waals surface area contributed by atoms with Crippen LogP contribution in [0.5, 0.6) is 34.5 Å². The summed E-state index contributed by atoms with van der Waals surface area (Å²) in [5.41, 5.74) is 13.2. The van der Waals surface area contributed by atoms with Crippen molar-refractivity contribution < 1.29 is 78.9 Å². The van der Waals surface area contributed by atoms with Gasteiger partial charge in [0.2, 0.25) is 0 Å². The van der Waals surface area contributed by atoms with E-state index >= 15 is 0 Å². The number of hydrogen-bond donors (Lipinski definition) is 0. The van der Waals surface area contributed by atoms with E-state index in [1.54, 1.807) is 43.0 Å². The monoisotopic (exact) mass is 1450 g/mol. The normalized spacial score (nSPS) is 10.0. The topological polar surface area (TPSA) is 105 Å². The minimum absolute atomic E-state index is 0. The molecule has 9 aromatic rings. The number of halogens is 1. The average molecular weight is 1450 g/mol. The summed E-state index contributed by atoms with van der Waals surface area (Å²) in [6, 6.07) is 46.5. The van der Waals surface area contributed by atoms with Crippen LogP contribution in [0.3, 0.4) is 0 Å². The van der Waals surface area contributed by atoms with Gasteiger partial charge in [-0.3, -0.25) is 15.0 Å². The Kier molecular flexibility index (Phi) is 21.3. The number of rotatable bonds is 9. The summed E-state index contributed by atoms with van der Waals surface area (Å²) in [5, 5.41) is 0. The number of ether oxygens (including phenoxy) is 3. The van der Waals surface area contributed by atoms with Crippen molar-refractivity contribution in [2.75, 3.05) is 0 Å². The van der Waals surface area contributed by atoms with Crippen LogP contribution < -0.4 is 14.2 Å². The zero-order valence-corrected chi connectivity index (χ0v) is 46.3. The maximum atomic E-state index is 12.9. The molecule has 0 aliphatic heterocycles. The van der Waals surface area contributed by atoms with E-state index in [0.29, 0.717) is 11.5 Å². The minimum Gasteiger partial charge on any atom is -0.502 e. The van der Waals surface area contributed by atoms with Crippen molar-refractivity contribution in [3.63, 3.8) is 0 Å². The van der Waals surface area contributed by atoms with Gasteiger partial charge in [0.05, 0.1) is 11.4 Å². The quantitative estimate of drug-likeness (QED) is 0.131. The van der Waals surface area contributed by atoms with Crippen LogP contribution in [0.25, 0.3) is 33.8 Å². The molecule has 13 heteroatoms. The molecule has 9 nitrogen and oxygen atoms in total. The van der Waals surface area contributed by atoms with Crippen LogP contribution in [0.2, 0.25) is 0 Å². The van der Waals surface area contributed by atoms with Crippen LogP contribution in [-0.4, -0.2) is 29.9 Å². The van der Waals surface area contributed by atoms with E-state index < -0.39 is 0 Å². The second-order valence-corrected chi connectivity index (χ2v) is 15.6. The predicted molar refractivity (Wildman–Crippen MR) is 256 cm³/mol. The van der Waals surface area contributed by atoms with E-state index in [4.69, 9.17) is 14.2 Å². The largest absolute Gasteiger partial charge is 0.502 e. The van der Waals surface area contributed by atoms with E-state index in [0.717, 1.165) is 85.2 Å². The molecule has 0 saturated heterocycles. The molecule has 0 atom stereocenters. The number of aromatic nitrogens is 6. The fourth-order valence-corrected chi connectivity index (χ4v) is 6.77. The van der Waals surface area contributed by atoms with Crippen molar-refractivity contribution >= 4 is 0 Å². The zero-order chi connectivity index (χ0) is 46.6. The average Bonchev–Trinajstić information content (AvgIpc) is 3.29. The van der Waals surface area contributed by atoms with Gasteiger partial charge in [-0.05, 0) is 115 Å². The molecule has 69 heavy (non-hydrogen) atoms. The van der Waals surface area contributed by atoms with Crippen LogP contribution in [0.1, 0.15) is 45.2 Å². The molecule has 6 aromatic carbocycles. The Morgan fingerprint density at radius 1 is 0.377 bits per heavy atom. The zero-order valence-electron chi connectivity index (χ0n) is 39.1. The van der Waals surface area contributed by atoms with Gasteiger partial charge in [-0.15, -0.1) is 89.5 Å². The third kappa shape index (κ3) is 16.2. The molecule has 0 fully saturated rings. The fraction of sp³-hybridized carbons (Fsp3) is 0.143. The minimum atomic E-state index is -0.289. The van der Waals surface area contributed by atoms with Gasteiger partial charge in [-0.1, -0.05) is 23.8 Å². The first-order valence-corrected chi connectivity index (χ1v) is 21.2. The van der Waals surface area contributed by atoms with Crippen molar-refractivity contribution in [3.05, 3.63) is 215 Å². The molecule has 0 bridgehead atoms. The van der Waals surface area contributed by atoms with Gasteiger partial charge < -0.3 is 29.2 Å². The van der Waals surface area contributed by atoms with Crippen molar-refractivity contribution in [3.8, 4) is 68.3 Å². The van der Waals surface area contributed by atoms with Crippen LogP contribution in [0.4, 0.5) is 4.39 Å². The summed E-state index contributed by atoms with van der Waals surface area (Å²) in [6.07, 6.45) is 6.89. The van der Waals surface area contributed by atoms with Crippen molar-refractivity contribution in [2.45, 2.75) is 55.4 Å². The Morgan fingerprint density at radius 3 is 1.14 bits per heavy atom. The Balaban J connectivity index is 0.000000221. The van der Waals surface area contributed by atoms with Crippen molar-refractivity contribution in [1.29, 1.82) is 0 Å². The Bertz CT molecular complexity index is 2870. The summed E-state index contributed by atoms with van der Waals surface area (Å²) < 4.78 is 30.2. The molecule has 0 N–H and O–H groups in total. The standard InChI is InChI=1S/2C19H17N2O.C18H14FN2O.3Ir/c1-13-4-8-17(9-5-13)22-18-10-6-16(7-11-18)19-15(3)21-14(2)12-20-19;1-13-10-14(2)12-18(11-13)22-17-6-4-16(5-7-17)19-15(3)20-8-9-21-19;1-12-11-20-18(13(2)21-12)14-3-7-16(8-4-14)22-17-9-5-15(19)6-10-17;;;/h4-6,8-12H,1-3H3;4,6-12H,1-3H3;3,5-11H,1-2H3;;;/q3*-1;;;. The Hall–Kier alpha value is -6.16. The number of nitrogens with zero attached hydrogens (tertiary/aromatic N) is 6. The maximum absolute atomic E-state index is 12.9. The number of benzene rings is 6. The van der Waals surface area contributed by atoms with Gasteiger partial charge in [0.1, 0.15) is 23.1 Å². The Labute approximate surface area is 444 Å². The van der Waals surface area contributed by atoms with Crippen LogP contribution >= 0.6 is 0 Å². The van der Waals surface area contributed by atoms with E-state index in [2.05, 4.69) is 74.9 Å². The summed E-state index contributed by atoms with van der Waals surface area (Å²) >= 11 is 0. The molecular formula is C56H48FIr3N6O3-3. The summed E-state index contributed by atoms with van der Waals surface area (Å²) in [4.78, 5) is 26.3. The van der Waals surface area contributed by atoms with Gasteiger partial charge in [0.15, 0.2) is 0 Å². The molecule has 0 unspecified atom stereocenters. The second-order valence-electron chi connectivity index (χ2n) is 15.6. The van der Waals surface area contributed by atoms with Crippen LogP contribution in [0, 0.1) is 79.4 Å². The van der Waals surface area contributed by atoms with Gasteiger partial charge in [-0.25, -0.2) is 4.39 Å². The van der Waals surface area contributed by atoms with Crippen molar-refractivity contribution in [2.24, 2.45) is 0 Å². The molecule has 9 rings (SSSR count). The molecule has 0 amide bonds. The smallest absolute Gasteiger partial charge is 0.123 e. The molecule has 0 aliphatic rings. The second kappa shape index (κ2) is 26.6. The number of hydrogen-bond acceptors (Lipinski definition) is 9. The van der Waals surface area contributed by atoms with E-state index in [-0.39, 0.29) is 66.1 Å². The maximum Gasteiger partial charge on any atom is 0.123 e. The molecule has 0 saturated carbocycles. The molecule has 3 aromatic heterocycles. The summed E-state index contributed by atoms with van der Waals surface area (Å²) in [7, 11) is 0. The third-order valence-corrected chi connectivity index (χ3v) is 9.87. The summed E-state index contributed by atoms with van der Waals surface area (Å²) in [5.74, 6) is 4.10. The van der Waals surface area contributed by atoms with E-state index in [1.165, 1.54) is 28.8 Å². The molecule has 357 valence electrons. The van der Waals surface area contributed by atoms with Gasteiger partial charge >= 0.3 is 0 Å². The van der Waals surface area contributed by atoms with Gasteiger partial charge in [-0.2, -0.15) is 0 Å². The fourth-order valence-electron chi connectivity index (χ4n) is 6.77. The first-order valence-electron chi connectivity index (χ1n) is 21.2. The Morgan fingerprint density at radius 2 is 0.754 bits per heavy atom. The van der Waals surface area contributed by atoms with Gasteiger partial charge in [0.25, 0.3) is 0 Å². The van der Waals surface area contributed by atoms with Crippen molar-refractivity contribution in [1.82, 2.24) is 29.9 Å². The molecule has 3 radical (unpaired) electrons. The third-order valence-electron chi connectivity index (χ3n) is 9.87.